The smallest absolute Gasteiger partial charge is 0.145 e. The van der Waals surface area contributed by atoms with Crippen LogP contribution in [0.4, 0.5) is 17.1 Å². The third-order valence-corrected chi connectivity index (χ3v) is 11.1. The van der Waals surface area contributed by atoms with Gasteiger partial charge in [-0.25, -0.2) is 9.97 Å². The molecule has 0 fully saturated rings. The van der Waals surface area contributed by atoms with Crippen LogP contribution in [0.25, 0.3) is 78.1 Å². The topological polar surface area (TPSA) is 38.9 Å². The van der Waals surface area contributed by atoms with Gasteiger partial charge in [0.2, 0.25) is 0 Å². The van der Waals surface area contributed by atoms with Gasteiger partial charge >= 0.3 is 0 Å². The molecule has 59 heavy (non-hydrogen) atoms. The Hall–Kier alpha value is -8.02. The lowest BCUT2D eigenvalue weighted by Gasteiger charge is -2.26. The van der Waals surface area contributed by atoms with Crippen molar-refractivity contribution < 1.29 is 0 Å². The van der Waals surface area contributed by atoms with E-state index in [1.165, 1.54) is 21.9 Å². The summed E-state index contributed by atoms with van der Waals surface area (Å²) in [5.74, 6) is 1.81. The molecule has 0 saturated carbocycles. The minimum Gasteiger partial charge on any atom is -0.311 e. The largest absolute Gasteiger partial charge is 0.311 e. The number of rotatable bonds is 8. The highest BCUT2D eigenvalue weighted by atomic mass is 15.1. The van der Waals surface area contributed by atoms with Gasteiger partial charge in [-0.15, -0.1) is 0 Å². The average Bonchev–Trinajstić information content (AvgIpc) is 3.90. The van der Waals surface area contributed by atoms with Crippen LogP contribution in [0.1, 0.15) is 0 Å². The zero-order chi connectivity index (χ0) is 39.1. The number of hydrogen-bond acceptors (Lipinski definition) is 3. The van der Waals surface area contributed by atoms with E-state index in [0.717, 1.165) is 73.3 Å². The van der Waals surface area contributed by atoms with Crippen LogP contribution in [0.3, 0.4) is 0 Å². The maximum atomic E-state index is 5.13. The van der Waals surface area contributed by atoms with E-state index in [2.05, 4.69) is 214 Å². The Balaban J connectivity index is 1.01. The van der Waals surface area contributed by atoms with Gasteiger partial charge in [0.05, 0.1) is 22.1 Å². The fraction of sp³-hybridized carbons (Fsp3) is 0. The average molecular weight is 756 g/mol. The Bertz CT molecular complexity index is 3080. The zero-order valence-corrected chi connectivity index (χ0v) is 32.1. The summed E-state index contributed by atoms with van der Waals surface area (Å²) in [6.45, 7) is 0. The fourth-order valence-electron chi connectivity index (χ4n) is 8.25. The minimum atomic E-state index is 0.904. The quantitative estimate of drug-likeness (QED) is 0.155. The number of para-hydroxylation sites is 6. The number of nitrogens with zero attached hydrogens (tertiary/aromatic N) is 5. The Kier molecular flexibility index (Phi) is 8.41. The van der Waals surface area contributed by atoms with E-state index < -0.39 is 0 Å². The molecule has 0 unspecified atom stereocenters. The van der Waals surface area contributed by atoms with Crippen LogP contribution in [0.15, 0.2) is 224 Å². The standard InChI is InChI=1S/C54H37N5/c1-3-15-44(16-4-1)58-51-21-11-9-19-49(51)55-53(58)40-27-33-47(34-28-40)57(46-31-25-39(26-32-46)43-24-23-38-13-7-8-14-42(38)37-43)48-35-29-41(30-36-48)54-56-50-20-10-12-22-52(50)59(54)45-17-5-2-6-18-45/h1-37H. The predicted octanol–water partition coefficient (Wildman–Crippen LogP) is 14.0. The highest BCUT2D eigenvalue weighted by Crippen LogP contribution is 2.39. The van der Waals surface area contributed by atoms with Crippen molar-refractivity contribution in [3.63, 3.8) is 0 Å². The molecular weight excluding hydrogens is 719 g/mol. The van der Waals surface area contributed by atoms with Crippen LogP contribution in [-0.4, -0.2) is 19.1 Å². The van der Waals surface area contributed by atoms with Crippen LogP contribution in [-0.2, 0) is 0 Å². The van der Waals surface area contributed by atoms with E-state index in [1.807, 2.05) is 24.3 Å². The predicted molar refractivity (Wildman–Crippen MR) is 244 cm³/mol. The van der Waals surface area contributed by atoms with Crippen molar-refractivity contribution in [2.75, 3.05) is 4.90 Å². The number of benzene rings is 9. The van der Waals surface area contributed by atoms with Crippen molar-refractivity contribution in [3.8, 4) is 45.3 Å². The zero-order valence-electron chi connectivity index (χ0n) is 32.1. The van der Waals surface area contributed by atoms with Gasteiger partial charge in [-0.1, -0.05) is 109 Å². The molecule has 0 bridgehead atoms. The van der Waals surface area contributed by atoms with Gasteiger partial charge < -0.3 is 4.90 Å². The first-order valence-corrected chi connectivity index (χ1v) is 19.9. The Morgan fingerprint density at radius 2 is 0.695 bits per heavy atom. The number of anilines is 3. The van der Waals surface area contributed by atoms with Crippen molar-refractivity contribution >= 4 is 49.9 Å². The van der Waals surface area contributed by atoms with Gasteiger partial charge in [0, 0.05) is 39.6 Å². The molecule has 278 valence electrons. The molecule has 2 heterocycles. The van der Waals surface area contributed by atoms with E-state index in [1.54, 1.807) is 0 Å². The maximum Gasteiger partial charge on any atom is 0.145 e. The molecule has 0 aliphatic heterocycles. The maximum absolute atomic E-state index is 5.13. The molecule has 11 rings (SSSR count). The van der Waals surface area contributed by atoms with Crippen molar-refractivity contribution in [1.29, 1.82) is 0 Å². The van der Waals surface area contributed by atoms with Gasteiger partial charge in [0.15, 0.2) is 0 Å². The van der Waals surface area contributed by atoms with Crippen LogP contribution < -0.4 is 4.90 Å². The van der Waals surface area contributed by atoms with E-state index in [-0.39, 0.29) is 0 Å². The lowest BCUT2D eigenvalue weighted by Crippen LogP contribution is -2.10. The molecule has 0 N–H and O–H groups in total. The Labute approximate surface area is 342 Å². The van der Waals surface area contributed by atoms with Crippen molar-refractivity contribution in [1.82, 2.24) is 19.1 Å². The second kappa shape index (κ2) is 14.5. The lowest BCUT2D eigenvalue weighted by atomic mass is 10.0. The Morgan fingerprint density at radius 1 is 0.305 bits per heavy atom. The minimum absolute atomic E-state index is 0.904. The normalized spacial score (nSPS) is 11.4. The van der Waals surface area contributed by atoms with Gasteiger partial charge in [-0.05, 0) is 137 Å². The summed E-state index contributed by atoms with van der Waals surface area (Å²) in [6.07, 6.45) is 0. The van der Waals surface area contributed by atoms with E-state index in [0.29, 0.717) is 0 Å². The SMILES string of the molecule is c1ccc(-n2c(-c3ccc(N(c4ccc(-c5ccc6ccccc6c5)cc4)c4ccc(-c5nc6ccccc6n5-c5ccccc5)cc4)cc3)nc3ccccc32)cc1. The summed E-state index contributed by atoms with van der Waals surface area (Å²) < 4.78 is 4.49. The van der Waals surface area contributed by atoms with Crippen molar-refractivity contribution in [2.45, 2.75) is 0 Å². The molecular formula is C54H37N5. The molecule has 0 saturated heterocycles. The number of aromatic nitrogens is 4. The van der Waals surface area contributed by atoms with Gasteiger partial charge in [0.25, 0.3) is 0 Å². The Morgan fingerprint density at radius 3 is 1.19 bits per heavy atom. The van der Waals surface area contributed by atoms with Crippen LogP contribution in [0, 0.1) is 0 Å². The number of hydrogen-bond donors (Lipinski definition) is 0. The second-order valence-corrected chi connectivity index (χ2v) is 14.7. The van der Waals surface area contributed by atoms with Crippen molar-refractivity contribution in [3.05, 3.63) is 224 Å². The van der Waals surface area contributed by atoms with Gasteiger partial charge in [-0.3, -0.25) is 9.13 Å². The summed E-state index contributed by atoms with van der Waals surface area (Å²) >= 11 is 0. The molecule has 0 aliphatic carbocycles. The van der Waals surface area contributed by atoms with E-state index in [9.17, 15) is 0 Å². The molecule has 9 aromatic carbocycles. The molecule has 5 nitrogen and oxygen atoms in total. The fourth-order valence-corrected chi connectivity index (χ4v) is 8.25. The van der Waals surface area contributed by atoms with Crippen LogP contribution in [0.5, 0.6) is 0 Å². The third kappa shape index (κ3) is 6.22. The summed E-state index contributed by atoms with van der Waals surface area (Å²) in [5.41, 5.74) is 13.8. The molecule has 0 atom stereocenters. The lowest BCUT2D eigenvalue weighted by molar-refractivity contribution is 1.10. The number of fused-ring (bicyclic) bond motifs is 3. The van der Waals surface area contributed by atoms with Crippen LogP contribution >= 0.6 is 0 Å². The summed E-state index contributed by atoms with van der Waals surface area (Å²) in [4.78, 5) is 12.6. The summed E-state index contributed by atoms with van der Waals surface area (Å²) in [6, 6.07) is 79.2. The van der Waals surface area contributed by atoms with Crippen LogP contribution in [0.2, 0.25) is 0 Å². The molecule has 0 spiro atoms. The molecule has 2 aromatic heterocycles. The highest BCUT2D eigenvalue weighted by Gasteiger charge is 2.19. The molecule has 0 amide bonds. The van der Waals surface area contributed by atoms with E-state index >= 15 is 0 Å². The highest BCUT2D eigenvalue weighted by molar-refractivity contribution is 5.89. The molecule has 5 heteroatoms. The first-order chi connectivity index (χ1) is 29.2. The van der Waals surface area contributed by atoms with Crippen molar-refractivity contribution in [2.24, 2.45) is 0 Å². The summed E-state index contributed by atoms with van der Waals surface area (Å²) in [7, 11) is 0. The molecule has 11 aromatic rings. The molecule has 0 aliphatic rings. The first-order valence-electron chi connectivity index (χ1n) is 19.9. The second-order valence-electron chi connectivity index (χ2n) is 14.7. The first kappa shape index (κ1) is 34.2. The van der Waals surface area contributed by atoms with Gasteiger partial charge in [-0.2, -0.15) is 0 Å². The third-order valence-electron chi connectivity index (χ3n) is 11.1. The van der Waals surface area contributed by atoms with Gasteiger partial charge in [0.1, 0.15) is 11.6 Å². The summed E-state index contributed by atoms with van der Waals surface area (Å²) in [5, 5.41) is 2.47. The molecule has 0 radical (unpaired) electrons. The van der Waals surface area contributed by atoms with E-state index in [4.69, 9.17) is 9.97 Å². The number of imidazole rings is 2. The monoisotopic (exact) mass is 755 g/mol.